The van der Waals surface area contributed by atoms with Gasteiger partial charge in [-0.25, -0.2) is 0 Å². The summed E-state index contributed by atoms with van der Waals surface area (Å²) in [7, 11) is 0. The molecule has 1 aromatic carbocycles. The number of hydrogen-bond acceptors (Lipinski definition) is 4. The van der Waals surface area contributed by atoms with Gasteiger partial charge in [0.05, 0.1) is 11.6 Å². The Morgan fingerprint density at radius 1 is 0.829 bits per heavy atom. The van der Waals surface area contributed by atoms with Crippen LogP contribution < -0.4 is 10.6 Å². The molecule has 6 unspecified atom stereocenters. The lowest BCUT2D eigenvalue weighted by Crippen LogP contribution is -2.69. The summed E-state index contributed by atoms with van der Waals surface area (Å²) in [6, 6.07) is 9.01. The smallest absolute Gasteiger partial charge is 0.0992 e. The second kappa shape index (κ2) is 11.8. The van der Waals surface area contributed by atoms with Crippen LogP contribution in [0.4, 0.5) is 0 Å². The number of piperidine rings is 1. The van der Waals surface area contributed by atoms with Gasteiger partial charge in [-0.2, -0.15) is 0 Å². The van der Waals surface area contributed by atoms with Crippen LogP contribution in [0.5, 0.6) is 0 Å². The van der Waals surface area contributed by atoms with E-state index in [-0.39, 0.29) is 17.5 Å². The molecule has 5 aliphatic rings. The monoisotopic (exact) mass is 554 g/mol. The number of allylic oxidation sites excluding steroid dienone is 4. The molecule has 4 N–H and O–H groups in total. The molecule has 2 aromatic rings. The average Bonchev–Trinajstić information content (AvgIpc) is 3.35. The van der Waals surface area contributed by atoms with Crippen molar-refractivity contribution in [1.82, 2.24) is 20.5 Å². The number of benzene rings is 1. The number of fused-ring (bicyclic) bond motifs is 4. The second-order valence-corrected chi connectivity index (χ2v) is 13.6. The Labute approximate surface area is 246 Å². The number of nitrogens with zero attached hydrogens (tertiary/aromatic N) is 1. The maximum atomic E-state index is 13.0. The summed E-state index contributed by atoms with van der Waals surface area (Å²) < 4.78 is 0. The molecule has 1 aliphatic carbocycles. The Morgan fingerprint density at radius 3 is 2.54 bits per heavy atom. The molecule has 0 amide bonds. The highest BCUT2D eigenvalue weighted by Gasteiger charge is 2.59. The molecule has 0 saturated carbocycles. The summed E-state index contributed by atoms with van der Waals surface area (Å²) in [6.45, 7) is 5.39. The van der Waals surface area contributed by atoms with Gasteiger partial charge in [0.1, 0.15) is 0 Å². The van der Waals surface area contributed by atoms with Crippen LogP contribution in [0.1, 0.15) is 87.9 Å². The zero-order valence-electron chi connectivity index (χ0n) is 24.8. The molecular formula is C36H50N4O. The lowest BCUT2D eigenvalue weighted by Gasteiger charge is -2.61. The van der Waals surface area contributed by atoms with Crippen LogP contribution in [0.3, 0.4) is 0 Å². The first-order valence-corrected chi connectivity index (χ1v) is 16.7. The summed E-state index contributed by atoms with van der Waals surface area (Å²) in [5.74, 6) is 0.446. The topological polar surface area (TPSA) is 63.3 Å². The van der Waals surface area contributed by atoms with Crippen molar-refractivity contribution >= 4 is 10.9 Å². The minimum Gasteiger partial charge on any atom is -0.384 e. The zero-order chi connectivity index (χ0) is 27.7. The molecule has 0 radical (unpaired) electrons. The van der Waals surface area contributed by atoms with Crippen LogP contribution in [0.2, 0.25) is 0 Å². The first kappa shape index (κ1) is 27.6. The summed E-state index contributed by atoms with van der Waals surface area (Å²) in [5.41, 5.74) is 4.62. The van der Waals surface area contributed by atoms with Crippen molar-refractivity contribution in [1.29, 1.82) is 0 Å². The van der Waals surface area contributed by atoms with Crippen molar-refractivity contribution in [2.45, 2.75) is 94.7 Å². The molecule has 1 fully saturated rings. The van der Waals surface area contributed by atoms with E-state index in [4.69, 9.17) is 0 Å². The molecule has 41 heavy (non-hydrogen) atoms. The van der Waals surface area contributed by atoms with Crippen molar-refractivity contribution in [3.63, 3.8) is 0 Å². The van der Waals surface area contributed by atoms with Gasteiger partial charge in [0.2, 0.25) is 0 Å². The Morgan fingerprint density at radius 2 is 1.63 bits per heavy atom. The van der Waals surface area contributed by atoms with Crippen LogP contribution in [-0.4, -0.2) is 59.4 Å². The van der Waals surface area contributed by atoms with E-state index in [0.717, 1.165) is 64.7 Å². The number of H-pyrrole nitrogens is 1. The van der Waals surface area contributed by atoms with E-state index >= 15 is 0 Å². The highest BCUT2D eigenvalue weighted by molar-refractivity contribution is 5.85. The van der Waals surface area contributed by atoms with Crippen molar-refractivity contribution in [2.24, 2.45) is 11.3 Å². The Balaban J connectivity index is 1.38. The molecule has 1 spiro atoms. The van der Waals surface area contributed by atoms with Gasteiger partial charge in [0.25, 0.3) is 0 Å². The summed E-state index contributed by atoms with van der Waals surface area (Å²) in [6.07, 6.45) is 25.4. The van der Waals surface area contributed by atoms with E-state index < -0.39 is 5.60 Å². The van der Waals surface area contributed by atoms with Crippen LogP contribution in [0.15, 0.2) is 60.2 Å². The van der Waals surface area contributed by atoms with Crippen LogP contribution in [0.25, 0.3) is 10.9 Å². The maximum Gasteiger partial charge on any atom is 0.0992 e. The number of rotatable bonds is 1. The number of aliphatic hydroxyl groups is 1. The van der Waals surface area contributed by atoms with E-state index in [0.29, 0.717) is 5.92 Å². The first-order chi connectivity index (χ1) is 20.2. The summed E-state index contributed by atoms with van der Waals surface area (Å²) in [5, 5.41) is 22.4. The fraction of sp³-hybridized carbons (Fsp3) is 0.611. The number of aromatic nitrogens is 1. The third-order valence-corrected chi connectivity index (χ3v) is 11.1. The predicted octanol–water partition coefficient (Wildman–Crippen LogP) is 6.33. The highest BCUT2D eigenvalue weighted by atomic mass is 16.3. The summed E-state index contributed by atoms with van der Waals surface area (Å²) >= 11 is 0. The summed E-state index contributed by atoms with van der Waals surface area (Å²) in [4.78, 5) is 6.63. The molecule has 5 heterocycles. The van der Waals surface area contributed by atoms with E-state index in [1.54, 1.807) is 0 Å². The van der Waals surface area contributed by atoms with Gasteiger partial charge in [-0.3, -0.25) is 0 Å². The number of aromatic amines is 1. The zero-order valence-corrected chi connectivity index (χ0v) is 24.8. The number of para-hydroxylation sites is 1. The van der Waals surface area contributed by atoms with Crippen molar-refractivity contribution < 1.29 is 5.11 Å². The molecule has 220 valence electrons. The lowest BCUT2D eigenvalue weighted by atomic mass is 9.52. The van der Waals surface area contributed by atoms with Crippen LogP contribution in [0, 0.1) is 11.3 Å². The maximum absolute atomic E-state index is 13.0. The number of nitrogens with one attached hydrogen (secondary N) is 3. The SMILES string of the molecule is OC12C=C(C3NCCc4c3[nH]c3ccccc43)C3CCN(CCCCC=CCC1)CC31CCC=CCCCCNC21. The minimum atomic E-state index is -0.879. The van der Waals surface area contributed by atoms with Crippen LogP contribution >= 0.6 is 0 Å². The molecule has 5 nitrogen and oxygen atoms in total. The first-order valence-electron chi connectivity index (χ1n) is 16.7. The molecule has 5 heteroatoms. The molecule has 1 saturated heterocycles. The van der Waals surface area contributed by atoms with Crippen molar-refractivity contribution in [3.05, 3.63) is 71.5 Å². The normalized spacial score (nSPS) is 36.7. The van der Waals surface area contributed by atoms with Gasteiger partial charge < -0.3 is 25.6 Å². The Kier molecular flexibility index (Phi) is 7.98. The molecule has 4 aliphatic heterocycles. The van der Waals surface area contributed by atoms with Crippen molar-refractivity contribution in [3.8, 4) is 0 Å². The van der Waals surface area contributed by atoms with Crippen molar-refractivity contribution in [2.75, 3.05) is 32.7 Å². The molecule has 3 bridgehead atoms. The second-order valence-electron chi connectivity index (χ2n) is 13.6. The van der Waals surface area contributed by atoms with E-state index in [2.05, 4.69) is 75.2 Å². The molecule has 6 atom stereocenters. The van der Waals surface area contributed by atoms with E-state index in [1.165, 1.54) is 72.8 Å². The fourth-order valence-corrected chi connectivity index (χ4v) is 9.27. The third kappa shape index (κ3) is 5.18. The van der Waals surface area contributed by atoms with Gasteiger partial charge in [-0.15, -0.1) is 0 Å². The minimum absolute atomic E-state index is 0.00512. The molecule has 1 aromatic heterocycles. The standard InChI is InChI=1S/C36H50N4O/c41-36-20-12-6-2-4-8-14-23-40-24-18-30(35(26-40)19-11-5-1-3-7-13-21-38-34(35)36)29(25-36)32-33-28(17-22-37-32)27-15-9-10-16-31(27)39-33/h1-2,5-6,9-10,15-16,25,30,32,34,37-39,41H,3-4,7-8,11-14,17-24,26H2. The Bertz CT molecular complexity index is 1310. The van der Waals surface area contributed by atoms with E-state index in [9.17, 15) is 5.11 Å². The number of hydrogen-bond donors (Lipinski definition) is 4. The largest absolute Gasteiger partial charge is 0.384 e. The fourth-order valence-electron chi connectivity index (χ4n) is 9.27. The lowest BCUT2D eigenvalue weighted by molar-refractivity contribution is -0.0902. The predicted molar refractivity (Wildman–Crippen MR) is 169 cm³/mol. The third-order valence-electron chi connectivity index (χ3n) is 11.1. The van der Waals surface area contributed by atoms with E-state index in [1.807, 2.05) is 0 Å². The van der Waals surface area contributed by atoms with Gasteiger partial charge in [0.15, 0.2) is 0 Å². The average molecular weight is 555 g/mol. The van der Waals surface area contributed by atoms with Crippen LogP contribution in [-0.2, 0) is 6.42 Å². The molecular weight excluding hydrogens is 504 g/mol. The Hall–Kier alpha value is -2.18. The quantitative estimate of drug-likeness (QED) is 0.311. The van der Waals surface area contributed by atoms with Gasteiger partial charge in [-0.05, 0) is 120 Å². The molecule has 7 rings (SSSR count). The van der Waals surface area contributed by atoms with Gasteiger partial charge in [0, 0.05) is 41.1 Å². The van der Waals surface area contributed by atoms with Gasteiger partial charge in [-0.1, -0.05) is 48.6 Å². The highest BCUT2D eigenvalue weighted by Crippen LogP contribution is 2.56. The van der Waals surface area contributed by atoms with Gasteiger partial charge >= 0.3 is 0 Å².